The Bertz CT molecular complexity index is 345. The minimum absolute atomic E-state index is 0.914. The molecular weight excluding hydrogens is 252 g/mol. The second-order valence-corrected chi connectivity index (χ2v) is 6.08. The minimum Gasteiger partial charge on any atom is -0.312 e. The van der Waals surface area contributed by atoms with Crippen molar-refractivity contribution < 1.29 is 0 Å². The molecule has 4 heteroatoms. The van der Waals surface area contributed by atoms with E-state index in [0.717, 1.165) is 18.1 Å². The molecule has 1 aliphatic heterocycles. The summed E-state index contributed by atoms with van der Waals surface area (Å²) in [5, 5.41) is 6.55. The number of nitrogens with one attached hydrogen (secondary N) is 1. The van der Waals surface area contributed by atoms with Crippen LogP contribution in [0.4, 0.5) is 0 Å². The van der Waals surface area contributed by atoms with Gasteiger partial charge >= 0.3 is 0 Å². The first-order valence-electron chi connectivity index (χ1n) is 6.43. The lowest BCUT2D eigenvalue weighted by Gasteiger charge is -2.14. The molecule has 1 aromatic rings. The molecule has 0 aromatic carbocycles. The monoisotopic (exact) mass is 272 g/mol. The highest BCUT2D eigenvalue weighted by molar-refractivity contribution is 7.10. The molecule has 0 aliphatic carbocycles. The first kappa shape index (κ1) is 13.3. The van der Waals surface area contributed by atoms with Gasteiger partial charge in [-0.15, -0.1) is 11.3 Å². The first-order valence-corrected chi connectivity index (χ1v) is 7.68. The molecule has 0 bridgehead atoms. The van der Waals surface area contributed by atoms with Gasteiger partial charge in [0.2, 0.25) is 0 Å². The molecule has 17 heavy (non-hydrogen) atoms. The van der Waals surface area contributed by atoms with Crippen molar-refractivity contribution in [1.82, 2.24) is 10.2 Å². The molecule has 0 unspecified atom stereocenters. The van der Waals surface area contributed by atoms with Crippen LogP contribution in [0.2, 0.25) is 5.02 Å². The van der Waals surface area contributed by atoms with E-state index in [4.69, 9.17) is 11.6 Å². The quantitative estimate of drug-likeness (QED) is 0.800. The molecule has 1 N–H and O–H groups in total. The summed E-state index contributed by atoms with van der Waals surface area (Å²) in [5.74, 6) is 0. The van der Waals surface area contributed by atoms with Crippen LogP contribution in [0.25, 0.3) is 0 Å². The fraction of sp³-hybridized carbons (Fsp3) is 0.692. The summed E-state index contributed by atoms with van der Waals surface area (Å²) in [6.45, 7) is 7.91. The van der Waals surface area contributed by atoms with E-state index < -0.39 is 0 Å². The number of nitrogens with zero attached hydrogens (tertiary/aromatic N) is 1. The molecule has 2 heterocycles. The van der Waals surface area contributed by atoms with Gasteiger partial charge < -0.3 is 10.2 Å². The van der Waals surface area contributed by atoms with Crippen LogP contribution < -0.4 is 5.32 Å². The Balaban J connectivity index is 1.58. The average molecular weight is 273 g/mol. The maximum atomic E-state index is 6.19. The number of halogens is 1. The van der Waals surface area contributed by atoms with Gasteiger partial charge in [-0.05, 0) is 63.3 Å². The fourth-order valence-electron chi connectivity index (χ4n) is 2.24. The molecule has 0 spiro atoms. The van der Waals surface area contributed by atoms with Crippen LogP contribution in [0.1, 0.15) is 29.7 Å². The van der Waals surface area contributed by atoms with Crippen LogP contribution in [0.3, 0.4) is 0 Å². The van der Waals surface area contributed by atoms with Gasteiger partial charge in [0.1, 0.15) is 0 Å². The summed E-state index contributed by atoms with van der Waals surface area (Å²) >= 11 is 7.94. The predicted molar refractivity (Wildman–Crippen MR) is 76.1 cm³/mol. The molecule has 0 atom stereocenters. The normalized spacial score (nSPS) is 16.8. The lowest BCUT2D eigenvalue weighted by atomic mass is 10.3. The molecule has 2 rings (SSSR count). The maximum Gasteiger partial charge on any atom is 0.0587 e. The van der Waals surface area contributed by atoms with Crippen molar-refractivity contribution in [2.24, 2.45) is 0 Å². The fourth-order valence-corrected chi connectivity index (χ4v) is 3.44. The standard InChI is InChI=1S/C13H21ClN2S/c1-11-10-17-12(13(11)14)9-15-5-4-8-16-6-2-3-7-16/h10,15H,2-9H2,1H3. The number of hydrogen-bond donors (Lipinski definition) is 1. The van der Waals surface area contributed by atoms with Gasteiger partial charge in [0.25, 0.3) is 0 Å². The molecule has 96 valence electrons. The Labute approximate surface area is 113 Å². The number of rotatable bonds is 6. The van der Waals surface area contributed by atoms with E-state index in [1.807, 2.05) is 0 Å². The zero-order valence-electron chi connectivity index (χ0n) is 10.5. The number of aryl methyl sites for hydroxylation is 1. The lowest BCUT2D eigenvalue weighted by Crippen LogP contribution is -2.24. The Morgan fingerprint density at radius 3 is 2.82 bits per heavy atom. The number of thiophene rings is 1. The third-order valence-electron chi connectivity index (χ3n) is 3.28. The molecule has 1 fully saturated rings. The van der Waals surface area contributed by atoms with Crippen LogP contribution in [-0.4, -0.2) is 31.1 Å². The number of hydrogen-bond acceptors (Lipinski definition) is 3. The van der Waals surface area contributed by atoms with E-state index in [0.29, 0.717) is 0 Å². The molecule has 0 saturated carbocycles. The molecule has 1 aromatic heterocycles. The van der Waals surface area contributed by atoms with Crippen molar-refractivity contribution >= 4 is 22.9 Å². The second kappa shape index (κ2) is 6.74. The molecule has 1 aliphatic rings. The van der Waals surface area contributed by atoms with Gasteiger partial charge in [-0.1, -0.05) is 11.6 Å². The van der Waals surface area contributed by atoms with Crippen molar-refractivity contribution in [2.45, 2.75) is 32.7 Å². The van der Waals surface area contributed by atoms with Crippen molar-refractivity contribution in [2.75, 3.05) is 26.2 Å². The second-order valence-electron chi connectivity index (χ2n) is 4.73. The molecular formula is C13H21ClN2S. The molecule has 0 radical (unpaired) electrons. The van der Waals surface area contributed by atoms with E-state index in [2.05, 4.69) is 22.5 Å². The van der Waals surface area contributed by atoms with Gasteiger partial charge in [-0.3, -0.25) is 0 Å². The maximum absolute atomic E-state index is 6.19. The van der Waals surface area contributed by atoms with Gasteiger partial charge in [-0.25, -0.2) is 0 Å². The van der Waals surface area contributed by atoms with Gasteiger partial charge in [0.05, 0.1) is 5.02 Å². The minimum atomic E-state index is 0.914. The zero-order chi connectivity index (χ0) is 12.1. The summed E-state index contributed by atoms with van der Waals surface area (Å²) in [5.41, 5.74) is 1.20. The van der Waals surface area contributed by atoms with Crippen LogP contribution in [-0.2, 0) is 6.54 Å². The van der Waals surface area contributed by atoms with Gasteiger partial charge in [0.15, 0.2) is 0 Å². The van der Waals surface area contributed by atoms with E-state index in [1.165, 1.54) is 49.3 Å². The largest absolute Gasteiger partial charge is 0.312 e. The van der Waals surface area contributed by atoms with Crippen molar-refractivity contribution in [1.29, 1.82) is 0 Å². The van der Waals surface area contributed by atoms with E-state index in [1.54, 1.807) is 11.3 Å². The van der Waals surface area contributed by atoms with E-state index in [9.17, 15) is 0 Å². The Hall–Kier alpha value is -0.0900. The third-order valence-corrected chi connectivity index (χ3v) is 5.02. The Kier molecular flexibility index (Phi) is 5.29. The lowest BCUT2D eigenvalue weighted by molar-refractivity contribution is 0.331. The molecule has 0 amide bonds. The van der Waals surface area contributed by atoms with E-state index >= 15 is 0 Å². The summed E-state index contributed by atoms with van der Waals surface area (Å²) in [4.78, 5) is 3.83. The van der Waals surface area contributed by atoms with Crippen LogP contribution >= 0.6 is 22.9 Å². The summed E-state index contributed by atoms with van der Waals surface area (Å²) in [7, 11) is 0. The molecule has 2 nitrogen and oxygen atoms in total. The highest BCUT2D eigenvalue weighted by Crippen LogP contribution is 2.26. The average Bonchev–Trinajstić information content (AvgIpc) is 2.93. The van der Waals surface area contributed by atoms with E-state index in [-0.39, 0.29) is 0 Å². The SMILES string of the molecule is Cc1csc(CNCCCN2CCCC2)c1Cl. The van der Waals surface area contributed by atoms with Crippen LogP contribution in [0.5, 0.6) is 0 Å². The summed E-state index contributed by atoms with van der Waals surface area (Å²) < 4.78 is 0. The van der Waals surface area contributed by atoms with Crippen LogP contribution in [0.15, 0.2) is 5.38 Å². The highest BCUT2D eigenvalue weighted by atomic mass is 35.5. The molecule has 1 saturated heterocycles. The Morgan fingerprint density at radius 1 is 1.41 bits per heavy atom. The zero-order valence-corrected chi connectivity index (χ0v) is 12.0. The Morgan fingerprint density at radius 2 is 2.18 bits per heavy atom. The summed E-state index contributed by atoms with van der Waals surface area (Å²) in [6.07, 6.45) is 4.01. The smallest absolute Gasteiger partial charge is 0.0587 e. The third kappa shape index (κ3) is 3.95. The van der Waals surface area contributed by atoms with Gasteiger partial charge in [-0.2, -0.15) is 0 Å². The van der Waals surface area contributed by atoms with Gasteiger partial charge in [0, 0.05) is 11.4 Å². The van der Waals surface area contributed by atoms with Crippen molar-refractivity contribution in [3.05, 3.63) is 20.8 Å². The van der Waals surface area contributed by atoms with Crippen molar-refractivity contribution in [3.8, 4) is 0 Å². The summed E-state index contributed by atoms with van der Waals surface area (Å²) in [6, 6.07) is 0. The predicted octanol–water partition coefficient (Wildman–Crippen LogP) is 3.29. The number of likely N-dealkylation sites (tertiary alicyclic amines) is 1. The first-order chi connectivity index (χ1) is 8.27. The topological polar surface area (TPSA) is 15.3 Å². The highest BCUT2D eigenvalue weighted by Gasteiger charge is 2.10. The van der Waals surface area contributed by atoms with Crippen LogP contribution in [0, 0.1) is 6.92 Å². The van der Waals surface area contributed by atoms with Crippen molar-refractivity contribution in [3.63, 3.8) is 0 Å².